The van der Waals surface area contributed by atoms with Crippen molar-refractivity contribution < 1.29 is 19.1 Å². The Kier molecular flexibility index (Phi) is 7.10. The van der Waals surface area contributed by atoms with Crippen molar-refractivity contribution in [2.24, 2.45) is 5.92 Å². The third-order valence-corrected chi connectivity index (χ3v) is 5.16. The molecule has 156 valence electrons. The topological polar surface area (TPSA) is 85.7 Å². The number of hydrogen-bond donors (Lipinski definition) is 1. The Morgan fingerprint density at radius 2 is 1.97 bits per heavy atom. The number of hydrogen-bond acceptors (Lipinski definition) is 5. The van der Waals surface area contributed by atoms with Gasteiger partial charge in [0.1, 0.15) is 18.0 Å². The van der Waals surface area contributed by atoms with Gasteiger partial charge in [0, 0.05) is 55.8 Å². The van der Waals surface area contributed by atoms with Gasteiger partial charge in [0.2, 0.25) is 11.8 Å². The number of amides is 2. The van der Waals surface area contributed by atoms with E-state index in [0.29, 0.717) is 42.6 Å². The number of rotatable bonds is 8. The number of likely N-dealkylation sites (tertiary alicyclic amines) is 1. The van der Waals surface area contributed by atoms with Gasteiger partial charge in [-0.25, -0.2) is 4.98 Å². The molecule has 1 aromatic heterocycles. The molecule has 2 aromatic rings. The monoisotopic (exact) mass is 400 g/mol. The van der Waals surface area contributed by atoms with Crippen LogP contribution in [-0.2, 0) is 16.1 Å². The number of aromatic nitrogens is 2. The van der Waals surface area contributed by atoms with Crippen molar-refractivity contribution in [3.63, 3.8) is 0 Å². The summed E-state index contributed by atoms with van der Waals surface area (Å²) in [5, 5.41) is 2.90. The average Bonchev–Trinajstić information content (AvgIpc) is 3.25. The van der Waals surface area contributed by atoms with Crippen LogP contribution in [0.1, 0.15) is 25.7 Å². The van der Waals surface area contributed by atoms with E-state index in [1.165, 1.54) is 0 Å². The molecule has 0 aliphatic carbocycles. The van der Waals surface area contributed by atoms with Crippen molar-refractivity contribution in [2.75, 3.05) is 32.6 Å². The summed E-state index contributed by atoms with van der Waals surface area (Å²) < 4.78 is 12.2. The summed E-state index contributed by atoms with van der Waals surface area (Å²) >= 11 is 0. The second-order valence-corrected chi connectivity index (χ2v) is 7.27. The molecule has 0 radical (unpaired) electrons. The van der Waals surface area contributed by atoms with Gasteiger partial charge in [-0.1, -0.05) is 0 Å². The first-order chi connectivity index (χ1) is 14.1. The first kappa shape index (κ1) is 20.7. The van der Waals surface area contributed by atoms with E-state index < -0.39 is 0 Å². The Hall–Kier alpha value is -3.03. The second kappa shape index (κ2) is 9.95. The summed E-state index contributed by atoms with van der Waals surface area (Å²) in [6.07, 6.45) is 8.27. The molecule has 1 aromatic carbocycles. The molecule has 1 unspecified atom stereocenters. The van der Waals surface area contributed by atoms with Crippen LogP contribution in [0.3, 0.4) is 0 Å². The molecule has 1 aliphatic heterocycles. The van der Waals surface area contributed by atoms with Crippen LogP contribution in [0.15, 0.2) is 36.9 Å². The molecule has 3 rings (SSSR count). The summed E-state index contributed by atoms with van der Waals surface area (Å²) in [5.74, 6) is 1.63. The van der Waals surface area contributed by atoms with Gasteiger partial charge in [-0.3, -0.25) is 9.59 Å². The van der Waals surface area contributed by atoms with Crippen LogP contribution < -0.4 is 14.8 Å². The molecule has 0 saturated carbocycles. The maximum absolute atomic E-state index is 12.5. The molecule has 2 heterocycles. The fourth-order valence-electron chi connectivity index (χ4n) is 3.60. The van der Waals surface area contributed by atoms with E-state index in [9.17, 15) is 9.59 Å². The standard InChI is InChI=1S/C21H28N4O4/c1-28-18-10-17(11-19(12-18)29-2)23-20(26)6-5-16-4-3-8-25(13-16)21(27)14-24-9-7-22-15-24/h7,9-12,15-16H,3-6,8,13-14H2,1-2H3,(H,23,26). The Morgan fingerprint density at radius 3 is 2.62 bits per heavy atom. The number of nitrogens with one attached hydrogen (secondary N) is 1. The largest absolute Gasteiger partial charge is 0.497 e. The third kappa shape index (κ3) is 5.97. The molecular weight excluding hydrogens is 372 g/mol. The second-order valence-electron chi connectivity index (χ2n) is 7.27. The highest BCUT2D eigenvalue weighted by Gasteiger charge is 2.24. The minimum Gasteiger partial charge on any atom is -0.497 e. The van der Waals surface area contributed by atoms with Crippen LogP contribution >= 0.6 is 0 Å². The summed E-state index contributed by atoms with van der Waals surface area (Å²) in [6.45, 7) is 1.79. The quantitative estimate of drug-likeness (QED) is 0.736. The number of piperidine rings is 1. The molecule has 1 atom stereocenters. The predicted octanol–water partition coefficient (Wildman–Crippen LogP) is 2.56. The fraction of sp³-hybridized carbons (Fsp3) is 0.476. The predicted molar refractivity (Wildman–Crippen MR) is 109 cm³/mol. The number of anilines is 1. The lowest BCUT2D eigenvalue weighted by Crippen LogP contribution is -2.41. The Labute approximate surface area is 170 Å². The van der Waals surface area contributed by atoms with E-state index in [-0.39, 0.29) is 11.8 Å². The minimum atomic E-state index is -0.0535. The normalized spacial score (nSPS) is 16.3. The molecule has 2 amide bonds. The number of methoxy groups -OCH3 is 2. The van der Waals surface area contributed by atoms with Gasteiger partial charge in [-0.15, -0.1) is 0 Å². The van der Waals surface area contributed by atoms with Gasteiger partial charge in [0.25, 0.3) is 0 Å². The SMILES string of the molecule is COc1cc(NC(=O)CCC2CCCN(C(=O)Cn3ccnc3)C2)cc(OC)c1. The van der Waals surface area contributed by atoms with Crippen molar-refractivity contribution in [1.29, 1.82) is 0 Å². The Balaban J connectivity index is 1.48. The van der Waals surface area contributed by atoms with Crippen molar-refractivity contribution in [3.05, 3.63) is 36.9 Å². The molecular formula is C21H28N4O4. The molecule has 8 heteroatoms. The fourth-order valence-corrected chi connectivity index (χ4v) is 3.60. The van der Waals surface area contributed by atoms with Gasteiger partial charge in [-0.2, -0.15) is 0 Å². The number of imidazole rings is 1. The zero-order valence-corrected chi connectivity index (χ0v) is 17.0. The van der Waals surface area contributed by atoms with E-state index in [1.807, 2.05) is 4.90 Å². The van der Waals surface area contributed by atoms with Gasteiger partial charge in [-0.05, 0) is 25.2 Å². The molecule has 1 fully saturated rings. The average molecular weight is 400 g/mol. The van der Waals surface area contributed by atoms with Crippen molar-refractivity contribution >= 4 is 17.5 Å². The van der Waals surface area contributed by atoms with Crippen LogP contribution in [0.4, 0.5) is 5.69 Å². The number of ether oxygens (including phenoxy) is 2. The third-order valence-electron chi connectivity index (χ3n) is 5.16. The number of carbonyl (C=O) groups is 2. The van der Waals surface area contributed by atoms with Crippen LogP contribution in [0.2, 0.25) is 0 Å². The maximum Gasteiger partial charge on any atom is 0.242 e. The van der Waals surface area contributed by atoms with Crippen LogP contribution in [0.25, 0.3) is 0 Å². The highest BCUT2D eigenvalue weighted by molar-refractivity contribution is 5.91. The van der Waals surface area contributed by atoms with Gasteiger partial charge < -0.3 is 24.3 Å². The van der Waals surface area contributed by atoms with E-state index in [2.05, 4.69) is 10.3 Å². The smallest absolute Gasteiger partial charge is 0.242 e. The summed E-state index contributed by atoms with van der Waals surface area (Å²) in [7, 11) is 3.15. The first-order valence-corrected chi connectivity index (χ1v) is 9.84. The Bertz CT molecular complexity index is 800. The minimum absolute atomic E-state index is 0.0535. The highest BCUT2D eigenvalue weighted by Crippen LogP contribution is 2.26. The van der Waals surface area contributed by atoms with E-state index in [4.69, 9.17) is 9.47 Å². The van der Waals surface area contributed by atoms with Crippen molar-refractivity contribution in [1.82, 2.24) is 14.5 Å². The van der Waals surface area contributed by atoms with E-state index >= 15 is 0 Å². The van der Waals surface area contributed by atoms with Gasteiger partial charge in [0.05, 0.1) is 20.5 Å². The first-order valence-electron chi connectivity index (χ1n) is 9.84. The lowest BCUT2D eigenvalue weighted by molar-refractivity contribution is -0.133. The van der Waals surface area contributed by atoms with Crippen molar-refractivity contribution in [3.8, 4) is 11.5 Å². The summed E-state index contributed by atoms with van der Waals surface area (Å²) in [5.41, 5.74) is 0.645. The lowest BCUT2D eigenvalue weighted by atomic mass is 9.93. The molecule has 0 bridgehead atoms. The van der Waals surface area contributed by atoms with E-state index in [1.54, 1.807) is 55.7 Å². The molecule has 29 heavy (non-hydrogen) atoms. The van der Waals surface area contributed by atoms with Crippen LogP contribution in [-0.4, -0.2) is 53.6 Å². The molecule has 1 aliphatic rings. The van der Waals surface area contributed by atoms with Crippen LogP contribution in [0, 0.1) is 5.92 Å². The van der Waals surface area contributed by atoms with Gasteiger partial charge >= 0.3 is 0 Å². The molecule has 0 spiro atoms. The zero-order chi connectivity index (χ0) is 20.6. The maximum atomic E-state index is 12.5. The highest BCUT2D eigenvalue weighted by atomic mass is 16.5. The van der Waals surface area contributed by atoms with Crippen molar-refractivity contribution in [2.45, 2.75) is 32.2 Å². The number of benzene rings is 1. The zero-order valence-electron chi connectivity index (χ0n) is 17.0. The molecule has 1 N–H and O–H groups in total. The lowest BCUT2D eigenvalue weighted by Gasteiger charge is -2.33. The molecule has 8 nitrogen and oxygen atoms in total. The van der Waals surface area contributed by atoms with Crippen LogP contribution in [0.5, 0.6) is 11.5 Å². The number of nitrogens with zero attached hydrogens (tertiary/aromatic N) is 3. The molecule has 1 saturated heterocycles. The van der Waals surface area contributed by atoms with Gasteiger partial charge in [0.15, 0.2) is 0 Å². The summed E-state index contributed by atoms with van der Waals surface area (Å²) in [4.78, 5) is 30.8. The van der Waals surface area contributed by atoms with E-state index in [0.717, 1.165) is 25.8 Å². The summed E-state index contributed by atoms with van der Waals surface area (Å²) in [6, 6.07) is 5.28. The Morgan fingerprint density at radius 1 is 1.21 bits per heavy atom. The number of carbonyl (C=O) groups excluding carboxylic acids is 2.